The molecule has 5 nitrogen and oxygen atoms in total. The van der Waals surface area contributed by atoms with Crippen LogP contribution in [0.4, 0.5) is 4.39 Å². The fourth-order valence-electron chi connectivity index (χ4n) is 5.96. The molecule has 0 saturated heterocycles. The third-order valence-electron chi connectivity index (χ3n) is 8.38. The van der Waals surface area contributed by atoms with Crippen LogP contribution >= 0.6 is 0 Å². The van der Waals surface area contributed by atoms with Crippen molar-refractivity contribution in [2.45, 2.75) is 81.8 Å². The number of carbonyl (C=O) groups excluding carboxylic acids is 1. The number of carbonyl (C=O) groups is 1. The van der Waals surface area contributed by atoms with E-state index in [-0.39, 0.29) is 29.9 Å². The van der Waals surface area contributed by atoms with Gasteiger partial charge in [0.1, 0.15) is 12.4 Å². The summed E-state index contributed by atoms with van der Waals surface area (Å²) >= 11 is 0. The lowest BCUT2D eigenvalue weighted by Crippen LogP contribution is -2.54. The van der Waals surface area contributed by atoms with Gasteiger partial charge < -0.3 is 20.5 Å². The van der Waals surface area contributed by atoms with Crippen molar-refractivity contribution in [1.82, 2.24) is 5.32 Å². The number of hydrogen-bond acceptors (Lipinski definition) is 4. The van der Waals surface area contributed by atoms with E-state index in [0.29, 0.717) is 24.0 Å². The fraction of sp³-hybridized carbons (Fsp3) is 0.654. The Morgan fingerprint density at radius 1 is 1.09 bits per heavy atom. The summed E-state index contributed by atoms with van der Waals surface area (Å²) in [4.78, 5) is 13.3. The van der Waals surface area contributed by atoms with Gasteiger partial charge in [-0.1, -0.05) is 12.1 Å². The molecular formula is C26H37FN2O3. The summed E-state index contributed by atoms with van der Waals surface area (Å²) in [5.41, 5.74) is 7.24. The van der Waals surface area contributed by atoms with Crippen LogP contribution in [0.15, 0.2) is 36.2 Å². The molecule has 0 spiro atoms. The maximum Gasteiger partial charge on any atom is 0.226 e. The zero-order chi connectivity index (χ0) is 22.6. The highest BCUT2D eigenvalue weighted by atomic mass is 19.1. The maximum atomic E-state index is 13.3. The molecule has 4 fully saturated rings. The number of methoxy groups -OCH3 is 1. The second-order valence-electron chi connectivity index (χ2n) is 10.0. The van der Waals surface area contributed by atoms with E-state index >= 15 is 0 Å². The number of benzene rings is 1. The number of rotatable bonds is 8. The van der Waals surface area contributed by atoms with Gasteiger partial charge in [-0.15, -0.1) is 0 Å². The van der Waals surface area contributed by atoms with Gasteiger partial charge >= 0.3 is 0 Å². The normalized spacial score (nSPS) is 32.5. The second kappa shape index (κ2) is 9.92. The number of nitrogens with two attached hydrogens (primary N) is 1. The number of halogens is 1. The van der Waals surface area contributed by atoms with Gasteiger partial charge in [0.25, 0.3) is 0 Å². The van der Waals surface area contributed by atoms with E-state index in [1.54, 1.807) is 7.11 Å². The molecule has 0 aromatic heterocycles. The second-order valence-corrected chi connectivity index (χ2v) is 10.0. The van der Waals surface area contributed by atoms with Crippen LogP contribution in [0.2, 0.25) is 0 Å². The van der Waals surface area contributed by atoms with Crippen LogP contribution in [0.5, 0.6) is 5.75 Å². The average molecular weight is 445 g/mol. The summed E-state index contributed by atoms with van der Waals surface area (Å²) in [6.07, 6.45) is 11.0. The number of ether oxygens (including phenoxy) is 2. The Labute approximate surface area is 190 Å². The maximum absolute atomic E-state index is 13.3. The summed E-state index contributed by atoms with van der Waals surface area (Å²) < 4.78 is 23.8. The first-order chi connectivity index (χ1) is 15.5. The molecular weight excluding hydrogens is 407 g/mol. The van der Waals surface area contributed by atoms with Gasteiger partial charge in [0.2, 0.25) is 5.91 Å². The summed E-state index contributed by atoms with van der Waals surface area (Å²) in [5.74, 6) is 1.01. The van der Waals surface area contributed by atoms with Crippen LogP contribution in [0.3, 0.4) is 0 Å². The van der Waals surface area contributed by atoms with Crippen LogP contribution in [-0.2, 0) is 14.9 Å². The predicted molar refractivity (Wildman–Crippen MR) is 123 cm³/mol. The first kappa shape index (κ1) is 23.2. The van der Waals surface area contributed by atoms with Crippen molar-refractivity contribution in [2.75, 3.05) is 20.3 Å². The molecule has 0 heterocycles. The Bertz CT molecular complexity index is 790. The van der Waals surface area contributed by atoms with Crippen LogP contribution in [0.1, 0.15) is 69.8 Å². The third kappa shape index (κ3) is 4.72. The van der Waals surface area contributed by atoms with E-state index in [1.807, 2.05) is 12.1 Å². The molecule has 1 amide bonds. The van der Waals surface area contributed by atoms with Crippen molar-refractivity contribution in [1.29, 1.82) is 0 Å². The number of fused-ring (bicyclic) bond motifs is 3. The van der Waals surface area contributed by atoms with Gasteiger partial charge in [-0.25, -0.2) is 4.39 Å². The van der Waals surface area contributed by atoms with Crippen molar-refractivity contribution >= 4 is 5.91 Å². The van der Waals surface area contributed by atoms with E-state index < -0.39 is 0 Å². The van der Waals surface area contributed by atoms with Crippen LogP contribution < -0.4 is 15.8 Å². The molecule has 0 aliphatic heterocycles. The highest BCUT2D eigenvalue weighted by Crippen LogP contribution is 2.58. The predicted octanol–water partition coefficient (Wildman–Crippen LogP) is 4.54. The summed E-state index contributed by atoms with van der Waals surface area (Å²) in [6.45, 7) is 0.323. The third-order valence-corrected chi connectivity index (χ3v) is 8.38. The molecule has 4 saturated carbocycles. The smallest absolute Gasteiger partial charge is 0.226 e. The van der Waals surface area contributed by atoms with Crippen molar-refractivity contribution in [3.63, 3.8) is 0 Å². The zero-order valence-corrected chi connectivity index (χ0v) is 19.2. The van der Waals surface area contributed by atoms with Crippen molar-refractivity contribution < 1.29 is 18.7 Å². The van der Waals surface area contributed by atoms with Gasteiger partial charge in [-0.05, 0) is 87.3 Å². The SMILES string of the molecule is CO[C@H]1CC[C@@H](NC(=O)C23CCC(c4ccc(OC/C(=C/F)CN)cc4)(CC2)CC3)CC1. The molecule has 1 aromatic rings. The van der Waals surface area contributed by atoms with Gasteiger partial charge in [-0.2, -0.15) is 0 Å². The Morgan fingerprint density at radius 3 is 2.25 bits per heavy atom. The number of hydrogen-bond donors (Lipinski definition) is 2. The quantitative estimate of drug-likeness (QED) is 0.617. The van der Waals surface area contributed by atoms with Gasteiger partial charge in [-0.3, -0.25) is 4.79 Å². The molecule has 2 bridgehead atoms. The lowest BCUT2D eigenvalue weighted by Gasteiger charge is -2.53. The first-order valence-corrected chi connectivity index (χ1v) is 12.1. The molecule has 176 valence electrons. The molecule has 32 heavy (non-hydrogen) atoms. The van der Waals surface area contributed by atoms with Crippen LogP contribution in [0.25, 0.3) is 0 Å². The summed E-state index contributed by atoms with van der Waals surface area (Å²) in [6, 6.07) is 8.52. The topological polar surface area (TPSA) is 73.6 Å². The van der Waals surface area contributed by atoms with E-state index in [1.165, 1.54) is 5.56 Å². The molecule has 0 unspecified atom stereocenters. The molecule has 0 radical (unpaired) electrons. The van der Waals surface area contributed by atoms with Crippen molar-refractivity contribution in [3.8, 4) is 5.75 Å². The molecule has 1 aromatic carbocycles. The molecule has 0 atom stereocenters. The molecule has 5 rings (SSSR count). The average Bonchev–Trinajstić information content (AvgIpc) is 2.86. The minimum Gasteiger partial charge on any atom is -0.489 e. The highest BCUT2D eigenvalue weighted by molar-refractivity contribution is 5.83. The van der Waals surface area contributed by atoms with Crippen molar-refractivity contribution in [2.24, 2.45) is 11.1 Å². The van der Waals surface area contributed by atoms with E-state index in [2.05, 4.69) is 17.4 Å². The number of amides is 1. The van der Waals surface area contributed by atoms with Gasteiger partial charge in [0.05, 0.1) is 12.4 Å². The Morgan fingerprint density at radius 2 is 1.72 bits per heavy atom. The minimum absolute atomic E-state index is 0.154. The molecule has 3 N–H and O–H groups in total. The van der Waals surface area contributed by atoms with E-state index in [4.69, 9.17) is 15.2 Å². The van der Waals surface area contributed by atoms with E-state index in [9.17, 15) is 9.18 Å². The minimum atomic E-state index is -0.180. The van der Waals surface area contributed by atoms with Crippen LogP contribution in [0, 0.1) is 5.41 Å². The Hall–Kier alpha value is -1.92. The largest absolute Gasteiger partial charge is 0.489 e. The Balaban J connectivity index is 1.33. The summed E-state index contributed by atoms with van der Waals surface area (Å²) in [5, 5.41) is 3.39. The van der Waals surface area contributed by atoms with Crippen molar-refractivity contribution in [3.05, 3.63) is 41.7 Å². The van der Waals surface area contributed by atoms with Gasteiger partial charge in [0, 0.05) is 30.7 Å². The standard InChI is InChI=1S/C26H37FN2O3/c1-31-22-8-4-21(5-9-22)29-24(30)26-13-10-25(11-14-26,12-15-26)20-2-6-23(7-3-20)32-18-19(16-27)17-28/h2-3,6-7,16,21-22H,4-5,8-15,17-18,28H2,1H3,(H,29,30)/b19-16+/t21-,22+,25?,26?. The number of nitrogens with one attached hydrogen (secondary N) is 1. The highest BCUT2D eigenvalue weighted by Gasteiger charge is 2.53. The molecule has 6 heteroatoms. The summed E-state index contributed by atoms with van der Waals surface area (Å²) in [7, 11) is 1.78. The Kier molecular flexibility index (Phi) is 7.21. The zero-order valence-electron chi connectivity index (χ0n) is 19.2. The molecule has 4 aliphatic carbocycles. The molecule has 4 aliphatic rings. The first-order valence-electron chi connectivity index (χ1n) is 12.1. The van der Waals surface area contributed by atoms with Gasteiger partial charge in [0.15, 0.2) is 0 Å². The monoisotopic (exact) mass is 444 g/mol. The lowest BCUT2D eigenvalue weighted by molar-refractivity contribution is -0.139. The fourth-order valence-corrected chi connectivity index (χ4v) is 5.96. The van der Waals surface area contributed by atoms with Crippen LogP contribution in [-0.4, -0.2) is 38.3 Å². The lowest BCUT2D eigenvalue weighted by atomic mass is 9.51. The van der Waals surface area contributed by atoms with E-state index in [0.717, 1.165) is 70.0 Å².